The van der Waals surface area contributed by atoms with Crippen LogP contribution in [0.4, 0.5) is 0 Å². The molecule has 5 nitrogen and oxygen atoms in total. The standard InChI is InChI=1S/H2O.4O.Ti.Zr/h1H2;;;;;;/q;4*-2;2*+4. The molecule has 0 unspecified atom stereocenters. The normalized spacial score (nSPS) is 0. The maximum Gasteiger partial charge on any atom is 4.00 e. The second-order valence-corrected chi connectivity index (χ2v) is 0. The molecule has 0 rings (SSSR count). The van der Waals surface area contributed by atoms with E-state index in [4.69, 9.17) is 0 Å². The van der Waals surface area contributed by atoms with Crippen LogP contribution < -0.4 is 0 Å². The zero-order chi connectivity index (χ0) is 0. The van der Waals surface area contributed by atoms with E-state index in [0.29, 0.717) is 0 Å². The molecule has 0 radical (unpaired) electrons. The molecule has 0 atom stereocenters. The fraction of sp³-hybridized carbons (Fsp3) is 0. The molecule has 0 saturated heterocycles. The Labute approximate surface area is 75.0 Å². The summed E-state index contributed by atoms with van der Waals surface area (Å²) in [4.78, 5) is 0. The van der Waals surface area contributed by atoms with Gasteiger partial charge in [-0.3, -0.25) is 0 Å². The van der Waals surface area contributed by atoms with Crippen molar-refractivity contribution in [1.82, 2.24) is 0 Å². The van der Waals surface area contributed by atoms with Crippen molar-refractivity contribution in [2.75, 3.05) is 0 Å². The van der Waals surface area contributed by atoms with Crippen LogP contribution in [0.3, 0.4) is 0 Å². The number of hydrogen-bond donors (Lipinski definition) is 0. The van der Waals surface area contributed by atoms with E-state index in [0.717, 1.165) is 0 Å². The van der Waals surface area contributed by atoms with Crippen molar-refractivity contribution in [2.45, 2.75) is 0 Å². The van der Waals surface area contributed by atoms with Crippen molar-refractivity contribution >= 4 is 0 Å². The third-order valence-electron chi connectivity index (χ3n) is 0. The third-order valence-corrected chi connectivity index (χ3v) is 0. The minimum absolute atomic E-state index is 0. The van der Waals surface area contributed by atoms with Gasteiger partial charge in [0.1, 0.15) is 0 Å². The molecule has 2 N–H and O–H groups in total. The number of hydrogen-bond acceptors (Lipinski definition) is 0. The maximum atomic E-state index is 0. The van der Waals surface area contributed by atoms with Gasteiger partial charge in [0.25, 0.3) is 0 Å². The molecule has 0 spiro atoms. The summed E-state index contributed by atoms with van der Waals surface area (Å²) in [7, 11) is 0. The molecule has 40 valence electrons. The molecule has 0 amide bonds. The largest absolute Gasteiger partial charge is 4.00 e. The third kappa shape index (κ3) is 110. The number of rotatable bonds is 0. The van der Waals surface area contributed by atoms with Crippen LogP contribution in [0, 0.1) is 0 Å². The fourth-order valence-corrected chi connectivity index (χ4v) is 0. The smallest absolute Gasteiger partial charge is 2.00 e. The molecule has 7 heavy (non-hydrogen) atoms. The van der Waals surface area contributed by atoms with Gasteiger partial charge in [-0.2, -0.15) is 0 Å². The quantitative estimate of drug-likeness (QED) is 0.447. The summed E-state index contributed by atoms with van der Waals surface area (Å²) in [6.45, 7) is 0. The van der Waals surface area contributed by atoms with Crippen LogP contribution in [0.1, 0.15) is 0 Å². The average molecular weight is 221 g/mol. The Morgan fingerprint density at radius 2 is 0.571 bits per heavy atom. The zero-order valence-corrected chi connectivity index (χ0v) is 7.15. The Balaban J connectivity index is 0. The molecule has 0 bridgehead atoms. The summed E-state index contributed by atoms with van der Waals surface area (Å²) in [6.07, 6.45) is 0. The van der Waals surface area contributed by atoms with Crippen molar-refractivity contribution in [3.63, 3.8) is 0 Å². The summed E-state index contributed by atoms with van der Waals surface area (Å²) in [6, 6.07) is 0. The first-order valence-corrected chi connectivity index (χ1v) is 0. The Morgan fingerprint density at radius 1 is 0.571 bits per heavy atom. The minimum Gasteiger partial charge on any atom is -2.00 e. The van der Waals surface area contributed by atoms with E-state index in [2.05, 4.69) is 0 Å². The van der Waals surface area contributed by atoms with E-state index in [1.807, 2.05) is 0 Å². The van der Waals surface area contributed by atoms with E-state index in [9.17, 15) is 0 Å². The van der Waals surface area contributed by atoms with Gasteiger partial charge in [-0.25, -0.2) is 0 Å². The Bertz CT molecular complexity index is 8.04. The predicted molar refractivity (Wildman–Crippen MR) is 6.36 cm³/mol. The zero-order valence-electron chi connectivity index (χ0n) is 3.13. The first-order chi connectivity index (χ1) is 0. The summed E-state index contributed by atoms with van der Waals surface area (Å²) in [5, 5.41) is 0. The molecule has 0 aliphatic heterocycles. The van der Waals surface area contributed by atoms with E-state index >= 15 is 0 Å². The van der Waals surface area contributed by atoms with E-state index in [1.165, 1.54) is 0 Å². The Hall–Kier alpha value is 1.40. The van der Waals surface area contributed by atoms with Crippen LogP contribution in [0.5, 0.6) is 0 Å². The van der Waals surface area contributed by atoms with Gasteiger partial charge in [0.05, 0.1) is 0 Å². The van der Waals surface area contributed by atoms with E-state index < -0.39 is 0 Å². The Kier molecular flexibility index (Phi) is 5210. The first kappa shape index (κ1) is 235. The average Bonchev–Trinajstić information content (AvgIpc) is 0. The first-order valence-electron chi connectivity index (χ1n) is 0. The van der Waals surface area contributed by atoms with E-state index in [1.54, 1.807) is 0 Å². The van der Waals surface area contributed by atoms with Crippen LogP contribution in [0.2, 0.25) is 0 Å². The molecule has 0 aromatic rings. The Morgan fingerprint density at radius 3 is 0.571 bits per heavy atom. The van der Waals surface area contributed by atoms with Gasteiger partial charge < -0.3 is 27.4 Å². The van der Waals surface area contributed by atoms with Crippen LogP contribution in [-0.2, 0) is 69.8 Å². The van der Waals surface area contributed by atoms with Crippen LogP contribution >= 0.6 is 0 Å². The van der Waals surface area contributed by atoms with Gasteiger partial charge >= 0.3 is 47.9 Å². The summed E-state index contributed by atoms with van der Waals surface area (Å²) < 4.78 is 0. The van der Waals surface area contributed by atoms with Gasteiger partial charge in [-0.15, -0.1) is 0 Å². The van der Waals surface area contributed by atoms with Crippen molar-refractivity contribution in [2.24, 2.45) is 0 Å². The molecule has 0 heterocycles. The molecule has 0 fully saturated rings. The summed E-state index contributed by atoms with van der Waals surface area (Å²) >= 11 is 0. The topological polar surface area (TPSA) is 146 Å². The minimum atomic E-state index is 0. The van der Waals surface area contributed by atoms with Gasteiger partial charge in [0.2, 0.25) is 0 Å². The molecular weight excluding hydrogens is 219 g/mol. The van der Waals surface area contributed by atoms with Crippen LogP contribution in [-0.4, -0.2) is 5.48 Å². The van der Waals surface area contributed by atoms with Crippen molar-refractivity contribution in [3.8, 4) is 0 Å². The molecule has 0 aromatic carbocycles. The van der Waals surface area contributed by atoms with Gasteiger partial charge in [-0.05, 0) is 0 Å². The second-order valence-electron chi connectivity index (χ2n) is 0. The van der Waals surface area contributed by atoms with Gasteiger partial charge in [0, 0.05) is 0 Å². The van der Waals surface area contributed by atoms with Gasteiger partial charge in [0.15, 0.2) is 0 Å². The SMILES string of the molecule is O.[O-2].[O-2].[O-2].[O-2].[Ti+4].[Zr+4]. The maximum absolute atomic E-state index is 0. The molecular formula is H2O5TiZr. The van der Waals surface area contributed by atoms with Crippen LogP contribution in [0.15, 0.2) is 0 Å². The molecule has 0 saturated carbocycles. The second kappa shape index (κ2) is 155. The molecule has 0 aromatic heterocycles. The van der Waals surface area contributed by atoms with Crippen molar-refractivity contribution in [1.29, 1.82) is 0 Å². The molecule has 7 heteroatoms. The monoisotopic (exact) mass is 220 g/mol. The fourth-order valence-electron chi connectivity index (χ4n) is 0. The molecule has 0 aliphatic carbocycles. The van der Waals surface area contributed by atoms with E-state index in [-0.39, 0.29) is 75.3 Å². The van der Waals surface area contributed by atoms with Crippen LogP contribution in [0.25, 0.3) is 0 Å². The molecule has 0 aliphatic rings. The summed E-state index contributed by atoms with van der Waals surface area (Å²) in [5.41, 5.74) is 0. The van der Waals surface area contributed by atoms with Gasteiger partial charge in [-0.1, -0.05) is 0 Å². The van der Waals surface area contributed by atoms with Crippen molar-refractivity contribution in [3.05, 3.63) is 0 Å². The van der Waals surface area contributed by atoms with Crippen molar-refractivity contribution < 1.29 is 75.3 Å². The predicted octanol–water partition coefficient (Wildman–Crippen LogP) is -1.30. The summed E-state index contributed by atoms with van der Waals surface area (Å²) in [5.74, 6) is 0.